The molecule has 1 aliphatic carbocycles. The summed E-state index contributed by atoms with van der Waals surface area (Å²) in [5.41, 5.74) is 0.462. The molecule has 2 fully saturated rings. The number of hydrogen-bond donors (Lipinski definition) is 0. The van der Waals surface area contributed by atoms with Gasteiger partial charge in [0.05, 0.1) is 10.8 Å². The molecule has 1 amide bonds. The second kappa shape index (κ2) is 6.07. The van der Waals surface area contributed by atoms with Crippen molar-refractivity contribution < 1.29 is 22.0 Å². The molecule has 0 aromatic heterocycles. The quantitative estimate of drug-likeness (QED) is 0.782. The van der Waals surface area contributed by atoms with Crippen LogP contribution in [0.4, 0.5) is 8.78 Å². The van der Waals surface area contributed by atoms with Crippen LogP contribution < -0.4 is 0 Å². The Morgan fingerprint density at radius 1 is 1.29 bits per heavy atom. The summed E-state index contributed by atoms with van der Waals surface area (Å²) < 4.78 is 52.4. The third kappa shape index (κ3) is 3.30. The van der Waals surface area contributed by atoms with Crippen molar-refractivity contribution in [2.45, 2.75) is 36.0 Å². The Hall–Kier alpha value is -1.54. The van der Waals surface area contributed by atoms with E-state index in [9.17, 15) is 22.0 Å². The molecule has 1 saturated carbocycles. The van der Waals surface area contributed by atoms with Crippen LogP contribution in [-0.2, 0) is 14.8 Å². The van der Waals surface area contributed by atoms with Crippen molar-refractivity contribution >= 4 is 15.9 Å². The first kappa shape index (κ1) is 17.3. The third-order valence-corrected chi connectivity index (χ3v) is 6.54. The van der Waals surface area contributed by atoms with E-state index in [1.807, 2.05) is 0 Å². The average Bonchev–Trinajstić information content (AvgIpc) is 2.98. The SMILES string of the molecule is CN(CCN1CCCC1=O)S(=O)(=O)c1ccc(C2CC2(F)F)cc1. The van der Waals surface area contributed by atoms with Crippen LogP contribution in [0.2, 0.25) is 0 Å². The zero-order valence-electron chi connectivity index (χ0n) is 13.4. The zero-order chi connectivity index (χ0) is 17.5. The number of carbonyl (C=O) groups is 1. The number of carbonyl (C=O) groups excluding carboxylic acids is 1. The van der Waals surface area contributed by atoms with Gasteiger partial charge in [0.25, 0.3) is 5.92 Å². The van der Waals surface area contributed by atoms with Crippen molar-refractivity contribution in [3.63, 3.8) is 0 Å². The Balaban J connectivity index is 1.64. The van der Waals surface area contributed by atoms with E-state index in [4.69, 9.17) is 0 Å². The van der Waals surface area contributed by atoms with Crippen molar-refractivity contribution in [3.8, 4) is 0 Å². The smallest absolute Gasteiger partial charge is 0.255 e. The monoisotopic (exact) mass is 358 g/mol. The molecule has 8 heteroatoms. The minimum absolute atomic E-state index is 0.0514. The van der Waals surface area contributed by atoms with Crippen molar-refractivity contribution in [1.82, 2.24) is 9.21 Å². The number of halogens is 2. The number of likely N-dealkylation sites (N-methyl/N-ethyl adjacent to an activating group) is 1. The van der Waals surface area contributed by atoms with Gasteiger partial charge in [0.2, 0.25) is 15.9 Å². The molecule has 3 rings (SSSR count). The van der Waals surface area contributed by atoms with Crippen LogP contribution in [-0.4, -0.2) is 56.1 Å². The summed E-state index contributed by atoms with van der Waals surface area (Å²) in [5.74, 6) is -3.41. The van der Waals surface area contributed by atoms with Gasteiger partial charge in [-0.05, 0) is 24.1 Å². The maximum Gasteiger partial charge on any atom is 0.255 e. The van der Waals surface area contributed by atoms with Crippen molar-refractivity contribution in [1.29, 1.82) is 0 Å². The van der Waals surface area contributed by atoms with E-state index >= 15 is 0 Å². The maximum absolute atomic E-state index is 13.1. The fraction of sp³-hybridized carbons (Fsp3) is 0.562. The summed E-state index contributed by atoms with van der Waals surface area (Å²) in [6.07, 6.45) is 1.15. The third-order valence-electron chi connectivity index (χ3n) is 4.67. The lowest BCUT2D eigenvalue weighted by molar-refractivity contribution is -0.127. The van der Waals surface area contributed by atoms with E-state index in [-0.39, 0.29) is 23.8 Å². The van der Waals surface area contributed by atoms with Crippen LogP contribution in [0.15, 0.2) is 29.2 Å². The minimum Gasteiger partial charge on any atom is -0.341 e. The molecular weight excluding hydrogens is 338 g/mol. The molecule has 5 nitrogen and oxygen atoms in total. The van der Waals surface area contributed by atoms with Crippen molar-refractivity contribution in [3.05, 3.63) is 29.8 Å². The van der Waals surface area contributed by atoms with Gasteiger partial charge in [0.15, 0.2) is 0 Å². The Kier molecular flexibility index (Phi) is 4.37. The minimum atomic E-state index is -3.69. The summed E-state index contributed by atoms with van der Waals surface area (Å²) >= 11 is 0. The fourth-order valence-electron chi connectivity index (χ4n) is 2.95. The van der Waals surface area contributed by atoms with E-state index < -0.39 is 21.9 Å². The van der Waals surface area contributed by atoms with Gasteiger partial charge in [-0.1, -0.05) is 12.1 Å². The normalized spacial score (nSPS) is 23.1. The Morgan fingerprint density at radius 3 is 2.42 bits per heavy atom. The fourth-order valence-corrected chi connectivity index (χ4v) is 4.11. The summed E-state index contributed by atoms with van der Waals surface area (Å²) in [4.78, 5) is 13.3. The highest BCUT2D eigenvalue weighted by molar-refractivity contribution is 7.89. The summed E-state index contributed by atoms with van der Waals surface area (Å²) in [6, 6.07) is 5.65. The number of hydrogen-bond acceptors (Lipinski definition) is 3. The lowest BCUT2D eigenvalue weighted by Gasteiger charge is -2.21. The van der Waals surface area contributed by atoms with Gasteiger partial charge in [-0.3, -0.25) is 4.79 Å². The highest BCUT2D eigenvalue weighted by Gasteiger charge is 2.57. The molecule has 1 unspecified atom stereocenters. The molecule has 1 atom stereocenters. The van der Waals surface area contributed by atoms with E-state index in [0.717, 1.165) is 6.42 Å². The topological polar surface area (TPSA) is 57.7 Å². The highest BCUT2D eigenvalue weighted by Crippen LogP contribution is 2.55. The molecule has 1 aliphatic heterocycles. The first-order valence-corrected chi connectivity index (χ1v) is 9.38. The Morgan fingerprint density at radius 2 is 1.92 bits per heavy atom. The van der Waals surface area contributed by atoms with Crippen molar-refractivity contribution in [2.24, 2.45) is 0 Å². The van der Waals surface area contributed by atoms with Crippen LogP contribution >= 0.6 is 0 Å². The number of sulfonamides is 1. The molecule has 132 valence electrons. The number of alkyl halides is 2. The Labute approximate surface area is 140 Å². The molecular formula is C16H20F2N2O3S. The van der Waals surface area contributed by atoms with Crippen LogP contribution in [0.5, 0.6) is 0 Å². The first-order valence-electron chi connectivity index (χ1n) is 7.94. The lowest BCUT2D eigenvalue weighted by atomic mass is 10.1. The molecule has 1 saturated heterocycles. The summed E-state index contributed by atoms with van der Waals surface area (Å²) in [7, 11) is -2.23. The van der Waals surface area contributed by atoms with Gasteiger partial charge < -0.3 is 4.90 Å². The molecule has 24 heavy (non-hydrogen) atoms. The van der Waals surface area contributed by atoms with Gasteiger partial charge in [-0.25, -0.2) is 17.2 Å². The second-order valence-electron chi connectivity index (χ2n) is 6.40. The zero-order valence-corrected chi connectivity index (χ0v) is 14.2. The van der Waals surface area contributed by atoms with E-state index in [0.29, 0.717) is 25.1 Å². The summed E-state index contributed by atoms with van der Waals surface area (Å²) in [6.45, 7) is 1.23. The number of rotatable bonds is 6. The van der Waals surface area contributed by atoms with Crippen LogP contribution in [0, 0.1) is 0 Å². The molecule has 1 aromatic carbocycles. The van der Waals surface area contributed by atoms with E-state index in [1.165, 1.54) is 35.6 Å². The molecule has 0 radical (unpaired) electrons. The van der Waals surface area contributed by atoms with Crippen LogP contribution in [0.1, 0.15) is 30.7 Å². The number of benzene rings is 1. The average molecular weight is 358 g/mol. The van der Waals surface area contributed by atoms with Crippen LogP contribution in [0.25, 0.3) is 0 Å². The van der Waals surface area contributed by atoms with E-state index in [1.54, 1.807) is 4.90 Å². The number of likely N-dealkylation sites (tertiary alicyclic amines) is 1. The standard InChI is InChI=1S/C16H20F2N2O3S/c1-19(9-10-20-8-2-3-15(20)21)24(22,23)13-6-4-12(5-7-13)14-11-16(14,17)18/h4-7,14H,2-3,8-11H2,1H3. The molecule has 0 spiro atoms. The molecule has 0 N–H and O–H groups in total. The maximum atomic E-state index is 13.1. The second-order valence-corrected chi connectivity index (χ2v) is 8.44. The number of amides is 1. The first-order chi connectivity index (χ1) is 11.2. The predicted molar refractivity (Wildman–Crippen MR) is 84.4 cm³/mol. The molecule has 2 aliphatic rings. The van der Waals surface area contributed by atoms with Gasteiger partial charge >= 0.3 is 0 Å². The van der Waals surface area contributed by atoms with Gasteiger partial charge in [0.1, 0.15) is 0 Å². The largest absolute Gasteiger partial charge is 0.341 e. The lowest BCUT2D eigenvalue weighted by Crippen LogP contribution is -2.36. The summed E-state index contributed by atoms with van der Waals surface area (Å²) in [5, 5.41) is 0. The molecule has 1 aromatic rings. The predicted octanol–water partition coefficient (Wildman–Crippen LogP) is 2.05. The van der Waals surface area contributed by atoms with Crippen molar-refractivity contribution in [2.75, 3.05) is 26.7 Å². The van der Waals surface area contributed by atoms with Crippen LogP contribution in [0.3, 0.4) is 0 Å². The highest BCUT2D eigenvalue weighted by atomic mass is 32.2. The van der Waals surface area contributed by atoms with Gasteiger partial charge in [-0.2, -0.15) is 4.31 Å². The Bertz CT molecular complexity index is 734. The molecule has 0 bridgehead atoms. The molecule has 1 heterocycles. The van der Waals surface area contributed by atoms with Gasteiger partial charge in [0, 0.05) is 39.5 Å². The van der Waals surface area contributed by atoms with E-state index in [2.05, 4.69) is 0 Å². The number of nitrogens with zero attached hydrogens (tertiary/aromatic N) is 2. The van der Waals surface area contributed by atoms with Gasteiger partial charge in [-0.15, -0.1) is 0 Å².